The predicted octanol–water partition coefficient (Wildman–Crippen LogP) is 5.23. The van der Waals surface area contributed by atoms with Crippen LogP contribution >= 0.6 is 22.6 Å². The van der Waals surface area contributed by atoms with Gasteiger partial charge in [-0.15, -0.1) is 0 Å². The van der Waals surface area contributed by atoms with Crippen molar-refractivity contribution in [3.63, 3.8) is 0 Å². The highest BCUT2D eigenvalue weighted by Gasteiger charge is 2.30. The van der Waals surface area contributed by atoms with Gasteiger partial charge in [-0.3, -0.25) is 0 Å². The van der Waals surface area contributed by atoms with Crippen LogP contribution in [0.2, 0.25) is 0 Å². The molecule has 0 bridgehead atoms. The van der Waals surface area contributed by atoms with E-state index in [2.05, 4.69) is 27.9 Å². The molecule has 0 fully saturated rings. The molecule has 20 heavy (non-hydrogen) atoms. The van der Waals surface area contributed by atoms with Gasteiger partial charge in [0.15, 0.2) is 0 Å². The number of alkyl halides is 3. The number of aryl methyl sites for hydroxylation is 1. The molecule has 0 spiro atoms. The van der Waals surface area contributed by atoms with Crippen LogP contribution in [0.1, 0.15) is 16.7 Å². The SMILES string of the molecule is Cc1ccc(NCc2cccc(C(F)(F)F)c2)cc1I. The maximum absolute atomic E-state index is 12.6. The maximum atomic E-state index is 12.6. The normalized spacial score (nSPS) is 11.4. The van der Waals surface area contributed by atoms with Gasteiger partial charge in [0, 0.05) is 15.8 Å². The zero-order valence-corrected chi connectivity index (χ0v) is 12.9. The molecule has 2 aromatic carbocycles. The number of nitrogens with one attached hydrogen (secondary N) is 1. The van der Waals surface area contributed by atoms with E-state index < -0.39 is 11.7 Å². The van der Waals surface area contributed by atoms with E-state index in [9.17, 15) is 13.2 Å². The van der Waals surface area contributed by atoms with E-state index in [1.54, 1.807) is 6.07 Å². The highest BCUT2D eigenvalue weighted by molar-refractivity contribution is 14.1. The van der Waals surface area contributed by atoms with Crippen LogP contribution in [-0.4, -0.2) is 0 Å². The van der Waals surface area contributed by atoms with Gasteiger partial charge in [0.2, 0.25) is 0 Å². The molecule has 0 radical (unpaired) electrons. The Morgan fingerprint density at radius 2 is 1.85 bits per heavy atom. The minimum absolute atomic E-state index is 0.364. The first-order valence-electron chi connectivity index (χ1n) is 6.02. The Bertz CT molecular complexity index is 608. The lowest BCUT2D eigenvalue weighted by molar-refractivity contribution is -0.137. The third-order valence-electron chi connectivity index (χ3n) is 2.92. The number of hydrogen-bond donors (Lipinski definition) is 1. The molecule has 1 N–H and O–H groups in total. The average molecular weight is 391 g/mol. The summed E-state index contributed by atoms with van der Waals surface area (Å²) >= 11 is 2.23. The second-order valence-electron chi connectivity index (χ2n) is 4.52. The Morgan fingerprint density at radius 3 is 2.50 bits per heavy atom. The van der Waals surface area contributed by atoms with Crippen molar-refractivity contribution in [2.45, 2.75) is 19.6 Å². The van der Waals surface area contributed by atoms with Gasteiger partial charge in [-0.2, -0.15) is 13.2 Å². The molecule has 0 aromatic heterocycles. The largest absolute Gasteiger partial charge is 0.416 e. The summed E-state index contributed by atoms with van der Waals surface area (Å²) in [6, 6.07) is 11.2. The Balaban J connectivity index is 2.09. The maximum Gasteiger partial charge on any atom is 0.416 e. The molecule has 1 nitrogen and oxygen atoms in total. The van der Waals surface area contributed by atoms with Crippen molar-refractivity contribution >= 4 is 28.3 Å². The average Bonchev–Trinajstić information content (AvgIpc) is 2.39. The summed E-state index contributed by atoms with van der Waals surface area (Å²) in [7, 11) is 0. The lowest BCUT2D eigenvalue weighted by atomic mass is 10.1. The van der Waals surface area contributed by atoms with Crippen LogP contribution in [0.4, 0.5) is 18.9 Å². The molecule has 0 saturated heterocycles. The molecule has 2 aromatic rings. The predicted molar refractivity (Wildman–Crippen MR) is 82.7 cm³/mol. The summed E-state index contributed by atoms with van der Waals surface area (Å²) < 4.78 is 38.9. The zero-order valence-electron chi connectivity index (χ0n) is 10.8. The Labute approximate surface area is 129 Å². The number of hydrogen-bond acceptors (Lipinski definition) is 1. The molecule has 2 rings (SSSR count). The molecule has 5 heteroatoms. The van der Waals surface area contributed by atoms with Gasteiger partial charge in [-0.1, -0.05) is 18.2 Å². The van der Waals surface area contributed by atoms with Crippen LogP contribution in [0.5, 0.6) is 0 Å². The summed E-state index contributed by atoms with van der Waals surface area (Å²) in [6.07, 6.45) is -4.30. The second kappa shape index (κ2) is 6.03. The molecule has 0 aliphatic carbocycles. The Kier molecular flexibility index (Phi) is 4.57. The number of rotatable bonds is 3. The first kappa shape index (κ1) is 15.2. The van der Waals surface area contributed by atoms with Gasteiger partial charge in [-0.05, 0) is 64.9 Å². The first-order chi connectivity index (χ1) is 9.36. The van der Waals surface area contributed by atoms with Crippen LogP contribution in [0.25, 0.3) is 0 Å². The molecular weight excluding hydrogens is 378 g/mol. The fourth-order valence-corrected chi connectivity index (χ4v) is 2.28. The van der Waals surface area contributed by atoms with Crippen molar-refractivity contribution in [2.24, 2.45) is 0 Å². The van der Waals surface area contributed by atoms with Gasteiger partial charge in [0.05, 0.1) is 5.56 Å². The molecule has 0 amide bonds. The summed E-state index contributed by atoms with van der Waals surface area (Å²) in [6.45, 7) is 2.38. The minimum Gasteiger partial charge on any atom is -0.381 e. The van der Waals surface area contributed by atoms with E-state index >= 15 is 0 Å². The lowest BCUT2D eigenvalue weighted by Crippen LogP contribution is -2.07. The Hall–Kier alpha value is -1.24. The van der Waals surface area contributed by atoms with Crippen LogP contribution in [0.15, 0.2) is 42.5 Å². The summed E-state index contributed by atoms with van der Waals surface area (Å²) in [5, 5.41) is 3.14. The fraction of sp³-hybridized carbons (Fsp3) is 0.200. The molecular formula is C15H13F3IN. The molecule has 106 valence electrons. The summed E-state index contributed by atoms with van der Waals surface area (Å²) in [5.74, 6) is 0. The monoisotopic (exact) mass is 391 g/mol. The van der Waals surface area contributed by atoms with Gasteiger partial charge >= 0.3 is 6.18 Å². The van der Waals surface area contributed by atoms with Crippen LogP contribution < -0.4 is 5.32 Å². The molecule has 0 aliphatic heterocycles. The lowest BCUT2D eigenvalue weighted by Gasteiger charge is -2.11. The number of anilines is 1. The second-order valence-corrected chi connectivity index (χ2v) is 5.68. The highest BCUT2D eigenvalue weighted by Crippen LogP contribution is 2.29. The highest BCUT2D eigenvalue weighted by atomic mass is 127. The van der Waals surface area contributed by atoms with Crippen molar-refractivity contribution < 1.29 is 13.2 Å². The van der Waals surface area contributed by atoms with Crippen LogP contribution in [-0.2, 0) is 12.7 Å². The summed E-state index contributed by atoms with van der Waals surface area (Å²) in [5.41, 5.74) is 2.07. The van der Waals surface area contributed by atoms with Gasteiger partial charge in [0.1, 0.15) is 0 Å². The third-order valence-corrected chi connectivity index (χ3v) is 4.08. The van der Waals surface area contributed by atoms with Crippen molar-refractivity contribution in [3.05, 3.63) is 62.7 Å². The summed E-state index contributed by atoms with van der Waals surface area (Å²) in [4.78, 5) is 0. The molecule has 0 saturated carbocycles. The topological polar surface area (TPSA) is 12.0 Å². The van der Waals surface area contributed by atoms with Crippen molar-refractivity contribution in [3.8, 4) is 0 Å². The standard InChI is InChI=1S/C15H13F3IN/c1-10-5-6-13(8-14(10)19)20-9-11-3-2-4-12(7-11)15(16,17)18/h2-8,20H,9H2,1H3. The quantitative estimate of drug-likeness (QED) is 0.707. The van der Waals surface area contributed by atoms with E-state index in [1.807, 2.05) is 25.1 Å². The molecule has 0 unspecified atom stereocenters. The van der Waals surface area contributed by atoms with Crippen LogP contribution in [0, 0.1) is 10.5 Å². The first-order valence-corrected chi connectivity index (χ1v) is 7.10. The fourth-order valence-electron chi connectivity index (χ4n) is 1.76. The number of benzene rings is 2. The van der Waals surface area contributed by atoms with Gasteiger partial charge in [-0.25, -0.2) is 0 Å². The van der Waals surface area contributed by atoms with Crippen LogP contribution in [0.3, 0.4) is 0 Å². The smallest absolute Gasteiger partial charge is 0.381 e. The van der Waals surface area contributed by atoms with Crippen molar-refractivity contribution in [1.82, 2.24) is 0 Å². The van der Waals surface area contributed by atoms with E-state index in [0.717, 1.165) is 15.3 Å². The van der Waals surface area contributed by atoms with E-state index in [-0.39, 0.29) is 0 Å². The van der Waals surface area contributed by atoms with Gasteiger partial charge in [0.25, 0.3) is 0 Å². The molecule has 0 heterocycles. The third kappa shape index (κ3) is 3.88. The number of halogens is 4. The van der Waals surface area contributed by atoms with E-state index in [1.165, 1.54) is 17.7 Å². The minimum atomic E-state index is -4.30. The Morgan fingerprint density at radius 1 is 1.10 bits per heavy atom. The molecule has 0 atom stereocenters. The van der Waals surface area contributed by atoms with Crippen molar-refractivity contribution in [1.29, 1.82) is 0 Å². The molecule has 0 aliphatic rings. The van der Waals surface area contributed by atoms with E-state index in [4.69, 9.17) is 0 Å². The van der Waals surface area contributed by atoms with E-state index in [0.29, 0.717) is 12.1 Å². The van der Waals surface area contributed by atoms with Crippen molar-refractivity contribution in [2.75, 3.05) is 5.32 Å². The van der Waals surface area contributed by atoms with Gasteiger partial charge < -0.3 is 5.32 Å². The zero-order chi connectivity index (χ0) is 14.8.